The summed E-state index contributed by atoms with van der Waals surface area (Å²) < 4.78 is 4.96. The summed E-state index contributed by atoms with van der Waals surface area (Å²) in [5.41, 5.74) is 9.44. The number of fused-ring (bicyclic) bond motifs is 1. The largest absolute Gasteiger partial charge is 0.397 e. The van der Waals surface area contributed by atoms with E-state index in [2.05, 4.69) is 10.6 Å². The Morgan fingerprint density at radius 3 is 3.06 bits per heavy atom. The van der Waals surface area contributed by atoms with Gasteiger partial charge in [0.25, 0.3) is 0 Å². The number of carbonyl (C=O) groups excluding carboxylic acids is 1. The second-order valence-electron chi connectivity index (χ2n) is 4.06. The number of nitrogens with two attached hydrogens (primary N) is 1. The molecule has 1 heterocycles. The van der Waals surface area contributed by atoms with Gasteiger partial charge in [-0.15, -0.1) is 0 Å². The summed E-state index contributed by atoms with van der Waals surface area (Å²) >= 11 is 0. The van der Waals surface area contributed by atoms with Gasteiger partial charge in [0.1, 0.15) is 0 Å². The van der Waals surface area contributed by atoms with E-state index in [0.717, 1.165) is 23.4 Å². The van der Waals surface area contributed by atoms with E-state index >= 15 is 0 Å². The number of amides is 1. The number of rotatable bonds is 4. The molecule has 1 aromatic carbocycles. The highest BCUT2D eigenvalue weighted by Crippen LogP contribution is 2.30. The molecule has 0 unspecified atom stereocenters. The van der Waals surface area contributed by atoms with Gasteiger partial charge >= 0.3 is 0 Å². The van der Waals surface area contributed by atoms with Gasteiger partial charge in [0.2, 0.25) is 5.91 Å². The molecule has 0 saturated heterocycles. The van der Waals surface area contributed by atoms with Crippen molar-refractivity contribution >= 4 is 23.0 Å². The highest BCUT2D eigenvalue weighted by atomic mass is 16.5. The average Bonchev–Trinajstić information content (AvgIpc) is 2.31. The van der Waals surface area contributed by atoms with E-state index in [0.29, 0.717) is 25.3 Å². The molecule has 1 aliphatic heterocycles. The van der Waals surface area contributed by atoms with Crippen LogP contribution in [0.3, 0.4) is 0 Å². The summed E-state index contributed by atoms with van der Waals surface area (Å²) in [4.78, 5) is 11.3. The Hall–Kier alpha value is -1.75. The Kier molecular flexibility index (Phi) is 3.49. The minimum absolute atomic E-state index is 0.0603. The quantitative estimate of drug-likeness (QED) is 0.541. The first kappa shape index (κ1) is 11.7. The SMILES string of the molecule is COCCNc1cc2c(cc1N)CCC(=O)N2. The van der Waals surface area contributed by atoms with Gasteiger partial charge in [0.15, 0.2) is 0 Å². The van der Waals surface area contributed by atoms with Crippen LogP contribution in [0.4, 0.5) is 17.1 Å². The molecule has 1 aliphatic rings. The van der Waals surface area contributed by atoms with Crippen LogP contribution in [0.2, 0.25) is 0 Å². The molecule has 5 nitrogen and oxygen atoms in total. The topological polar surface area (TPSA) is 76.4 Å². The van der Waals surface area contributed by atoms with E-state index in [1.165, 1.54) is 0 Å². The van der Waals surface area contributed by atoms with Crippen LogP contribution in [0.25, 0.3) is 0 Å². The lowest BCUT2D eigenvalue weighted by atomic mass is 10.0. The standard InChI is InChI=1S/C12H17N3O2/c1-17-5-4-14-11-7-10-8(6-9(11)13)2-3-12(16)15-10/h6-7,14H,2-5,13H2,1H3,(H,15,16). The molecule has 0 spiro atoms. The van der Waals surface area contributed by atoms with Crippen molar-refractivity contribution in [3.05, 3.63) is 17.7 Å². The maximum atomic E-state index is 11.3. The van der Waals surface area contributed by atoms with E-state index in [9.17, 15) is 4.79 Å². The Balaban J connectivity index is 2.17. The van der Waals surface area contributed by atoms with E-state index in [4.69, 9.17) is 10.5 Å². The first-order chi connectivity index (χ1) is 8.20. The van der Waals surface area contributed by atoms with Crippen LogP contribution < -0.4 is 16.4 Å². The molecule has 0 atom stereocenters. The molecule has 0 aliphatic carbocycles. The minimum atomic E-state index is 0.0603. The Labute approximate surface area is 100 Å². The van der Waals surface area contributed by atoms with E-state index < -0.39 is 0 Å². The van der Waals surface area contributed by atoms with Crippen LogP contribution in [0.15, 0.2) is 12.1 Å². The molecule has 0 radical (unpaired) electrons. The summed E-state index contributed by atoms with van der Waals surface area (Å²) in [7, 11) is 1.65. The first-order valence-electron chi connectivity index (χ1n) is 5.66. The summed E-state index contributed by atoms with van der Waals surface area (Å²) in [6.07, 6.45) is 1.28. The molecular weight excluding hydrogens is 218 g/mol. The molecule has 5 heteroatoms. The van der Waals surface area contributed by atoms with Gasteiger partial charge < -0.3 is 21.1 Å². The zero-order valence-corrected chi connectivity index (χ0v) is 9.88. The Bertz CT molecular complexity index is 432. The molecule has 0 saturated carbocycles. The maximum Gasteiger partial charge on any atom is 0.224 e. The van der Waals surface area contributed by atoms with Gasteiger partial charge in [-0.3, -0.25) is 4.79 Å². The smallest absolute Gasteiger partial charge is 0.224 e. The summed E-state index contributed by atoms with van der Waals surface area (Å²) in [5, 5.41) is 6.03. The summed E-state index contributed by atoms with van der Waals surface area (Å²) in [5.74, 6) is 0.0603. The Morgan fingerprint density at radius 1 is 1.47 bits per heavy atom. The van der Waals surface area contributed by atoms with Crippen LogP contribution in [0.5, 0.6) is 0 Å². The van der Waals surface area contributed by atoms with Crippen molar-refractivity contribution in [3.8, 4) is 0 Å². The number of ether oxygens (including phenoxy) is 1. The number of hydrogen-bond donors (Lipinski definition) is 3. The van der Waals surface area contributed by atoms with Crippen LogP contribution >= 0.6 is 0 Å². The second kappa shape index (κ2) is 5.05. The number of hydrogen-bond acceptors (Lipinski definition) is 4. The highest BCUT2D eigenvalue weighted by molar-refractivity contribution is 5.95. The number of methoxy groups -OCH3 is 1. The molecule has 4 N–H and O–H groups in total. The van der Waals surface area contributed by atoms with Gasteiger partial charge in [-0.05, 0) is 24.1 Å². The first-order valence-corrected chi connectivity index (χ1v) is 5.66. The molecular formula is C12H17N3O2. The summed E-state index contributed by atoms with van der Waals surface area (Å²) in [6, 6.07) is 3.81. The fourth-order valence-electron chi connectivity index (χ4n) is 1.89. The predicted molar refractivity (Wildman–Crippen MR) is 68.2 cm³/mol. The zero-order chi connectivity index (χ0) is 12.3. The molecule has 1 amide bonds. The number of anilines is 3. The van der Waals surface area contributed by atoms with Gasteiger partial charge in [-0.1, -0.05) is 0 Å². The van der Waals surface area contributed by atoms with Crippen LogP contribution in [-0.4, -0.2) is 26.2 Å². The lowest BCUT2D eigenvalue weighted by Crippen LogP contribution is -2.20. The van der Waals surface area contributed by atoms with Gasteiger partial charge in [0.05, 0.1) is 18.0 Å². The highest BCUT2D eigenvalue weighted by Gasteiger charge is 2.16. The van der Waals surface area contributed by atoms with Crippen LogP contribution in [0.1, 0.15) is 12.0 Å². The fraction of sp³-hybridized carbons (Fsp3) is 0.417. The van der Waals surface area contributed by atoms with Crippen molar-refractivity contribution in [1.82, 2.24) is 0 Å². The number of aryl methyl sites for hydroxylation is 1. The fourth-order valence-corrected chi connectivity index (χ4v) is 1.89. The molecule has 0 bridgehead atoms. The van der Waals surface area contributed by atoms with Crippen molar-refractivity contribution < 1.29 is 9.53 Å². The molecule has 92 valence electrons. The van der Waals surface area contributed by atoms with Crippen LogP contribution in [0, 0.1) is 0 Å². The maximum absolute atomic E-state index is 11.3. The number of benzene rings is 1. The zero-order valence-electron chi connectivity index (χ0n) is 9.88. The molecule has 17 heavy (non-hydrogen) atoms. The average molecular weight is 235 g/mol. The minimum Gasteiger partial charge on any atom is -0.397 e. The third-order valence-corrected chi connectivity index (χ3v) is 2.79. The second-order valence-corrected chi connectivity index (χ2v) is 4.06. The van der Waals surface area contributed by atoms with E-state index in [1.54, 1.807) is 7.11 Å². The van der Waals surface area contributed by atoms with Crippen molar-refractivity contribution in [1.29, 1.82) is 0 Å². The molecule has 0 fully saturated rings. The molecule has 2 rings (SSSR count). The van der Waals surface area contributed by atoms with Crippen molar-refractivity contribution in [2.45, 2.75) is 12.8 Å². The molecule has 1 aromatic rings. The van der Waals surface area contributed by atoms with Gasteiger partial charge in [-0.25, -0.2) is 0 Å². The lowest BCUT2D eigenvalue weighted by molar-refractivity contribution is -0.116. The van der Waals surface area contributed by atoms with Gasteiger partial charge in [-0.2, -0.15) is 0 Å². The van der Waals surface area contributed by atoms with E-state index in [-0.39, 0.29) is 5.91 Å². The van der Waals surface area contributed by atoms with Gasteiger partial charge in [0, 0.05) is 25.8 Å². The Morgan fingerprint density at radius 2 is 2.29 bits per heavy atom. The molecule has 0 aromatic heterocycles. The van der Waals surface area contributed by atoms with Crippen molar-refractivity contribution in [2.24, 2.45) is 0 Å². The third-order valence-electron chi connectivity index (χ3n) is 2.79. The monoisotopic (exact) mass is 235 g/mol. The third kappa shape index (κ3) is 2.68. The lowest BCUT2D eigenvalue weighted by Gasteiger charge is -2.19. The number of carbonyl (C=O) groups is 1. The normalized spacial score (nSPS) is 14.1. The van der Waals surface area contributed by atoms with Crippen LogP contribution in [-0.2, 0) is 16.0 Å². The number of nitrogen functional groups attached to an aromatic ring is 1. The number of nitrogens with one attached hydrogen (secondary N) is 2. The van der Waals surface area contributed by atoms with Crippen molar-refractivity contribution in [2.75, 3.05) is 36.6 Å². The van der Waals surface area contributed by atoms with E-state index in [1.807, 2.05) is 12.1 Å². The predicted octanol–water partition coefficient (Wildman–Crippen LogP) is 1.21. The van der Waals surface area contributed by atoms with Crippen molar-refractivity contribution in [3.63, 3.8) is 0 Å². The summed E-state index contributed by atoms with van der Waals surface area (Å²) in [6.45, 7) is 1.30.